The highest BCUT2D eigenvalue weighted by Gasteiger charge is 2.11. The molecule has 1 N–H and O–H groups in total. The Kier molecular flexibility index (Phi) is 5.63. The fourth-order valence-corrected chi connectivity index (χ4v) is 1.55. The molecule has 0 amide bonds. The zero-order chi connectivity index (χ0) is 13.6. The number of nitrogens with zero attached hydrogens (tertiary/aromatic N) is 1. The predicted molar refractivity (Wildman–Crippen MR) is 75.1 cm³/mol. The minimum Gasteiger partial charge on any atom is -0.492 e. The van der Waals surface area contributed by atoms with Crippen molar-refractivity contribution in [3.05, 3.63) is 29.8 Å². The van der Waals surface area contributed by atoms with E-state index in [1.165, 1.54) is 5.56 Å². The van der Waals surface area contributed by atoms with Crippen LogP contribution in [0.25, 0.3) is 0 Å². The van der Waals surface area contributed by atoms with Crippen LogP contribution < -0.4 is 4.74 Å². The highest BCUT2D eigenvalue weighted by Crippen LogP contribution is 2.16. The molecular formula is C15H25NO2. The summed E-state index contributed by atoms with van der Waals surface area (Å²) in [5, 5.41) is 9.67. The summed E-state index contributed by atoms with van der Waals surface area (Å²) in [5.74, 6) is 0.906. The summed E-state index contributed by atoms with van der Waals surface area (Å²) in [7, 11) is 4.06. The number of benzene rings is 1. The standard InChI is InChI=1S/C15H25NO2/c1-15(2,17)10-9-13-5-7-14(8-6-13)18-12-11-16(3)4/h5-8,17H,9-12H2,1-4H3. The average Bonchev–Trinajstić information content (AvgIpc) is 2.26. The molecule has 18 heavy (non-hydrogen) atoms. The maximum atomic E-state index is 9.67. The molecule has 0 atom stereocenters. The third-order valence-corrected chi connectivity index (χ3v) is 2.76. The van der Waals surface area contributed by atoms with Gasteiger partial charge in [-0.2, -0.15) is 0 Å². The lowest BCUT2D eigenvalue weighted by Crippen LogP contribution is -2.19. The van der Waals surface area contributed by atoms with E-state index in [0.29, 0.717) is 6.61 Å². The monoisotopic (exact) mass is 251 g/mol. The quantitative estimate of drug-likeness (QED) is 0.807. The van der Waals surface area contributed by atoms with E-state index in [2.05, 4.69) is 17.0 Å². The minimum absolute atomic E-state index is 0.596. The predicted octanol–water partition coefficient (Wildman–Crippen LogP) is 2.33. The van der Waals surface area contributed by atoms with Crippen molar-refractivity contribution in [1.82, 2.24) is 4.90 Å². The van der Waals surface area contributed by atoms with E-state index in [4.69, 9.17) is 4.74 Å². The van der Waals surface area contributed by atoms with Crippen LogP contribution in [0.1, 0.15) is 25.8 Å². The summed E-state index contributed by atoms with van der Waals surface area (Å²) in [6.45, 7) is 5.30. The van der Waals surface area contributed by atoms with Gasteiger partial charge in [0.2, 0.25) is 0 Å². The third-order valence-electron chi connectivity index (χ3n) is 2.76. The molecule has 1 aromatic rings. The summed E-state index contributed by atoms with van der Waals surface area (Å²) >= 11 is 0. The maximum absolute atomic E-state index is 9.67. The lowest BCUT2D eigenvalue weighted by atomic mass is 9.99. The van der Waals surface area contributed by atoms with Crippen LogP contribution in [-0.2, 0) is 6.42 Å². The fraction of sp³-hybridized carbons (Fsp3) is 0.600. The Balaban J connectivity index is 2.38. The first-order valence-electron chi connectivity index (χ1n) is 6.46. The second-order valence-electron chi connectivity index (χ2n) is 5.61. The Morgan fingerprint density at radius 3 is 2.28 bits per heavy atom. The van der Waals surface area contributed by atoms with Crippen molar-refractivity contribution in [2.45, 2.75) is 32.3 Å². The number of hydrogen-bond donors (Lipinski definition) is 1. The van der Waals surface area contributed by atoms with Gasteiger partial charge in [-0.3, -0.25) is 0 Å². The third kappa shape index (κ3) is 6.62. The Labute approximate surface area is 110 Å². The highest BCUT2D eigenvalue weighted by molar-refractivity contribution is 5.27. The maximum Gasteiger partial charge on any atom is 0.119 e. The van der Waals surface area contributed by atoms with Crippen LogP contribution in [0.3, 0.4) is 0 Å². The van der Waals surface area contributed by atoms with Gasteiger partial charge in [0.1, 0.15) is 12.4 Å². The number of rotatable bonds is 7. The van der Waals surface area contributed by atoms with Crippen LogP contribution in [0, 0.1) is 0 Å². The molecule has 1 aromatic carbocycles. The topological polar surface area (TPSA) is 32.7 Å². The molecule has 0 unspecified atom stereocenters. The molecule has 0 aromatic heterocycles. The molecule has 3 heteroatoms. The summed E-state index contributed by atoms with van der Waals surface area (Å²) in [6.07, 6.45) is 1.66. The fourth-order valence-electron chi connectivity index (χ4n) is 1.55. The zero-order valence-corrected chi connectivity index (χ0v) is 11.9. The van der Waals surface area contributed by atoms with Gasteiger partial charge in [0, 0.05) is 6.54 Å². The van der Waals surface area contributed by atoms with Gasteiger partial charge >= 0.3 is 0 Å². The Bertz CT molecular complexity index is 339. The average molecular weight is 251 g/mol. The first-order chi connectivity index (χ1) is 8.37. The van der Waals surface area contributed by atoms with Crippen molar-refractivity contribution in [2.75, 3.05) is 27.2 Å². The second-order valence-corrected chi connectivity index (χ2v) is 5.61. The molecule has 0 heterocycles. The molecule has 0 spiro atoms. The number of aryl methyl sites for hydroxylation is 1. The van der Waals surface area contributed by atoms with Crippen LogP contribution in [0.4, 0.5) is 0 Å². The number of likely N-dealkylation sites (N-methyl/N-ethyl adjacent to an activating group) is 1. The highest BCUT2D eigenvalue weighted by atomic mass is 16.5. The Morgan fingerprint density at radius 2 is 1.78 bits per heavy atom. The lowest BCUT2D eigenvalue weighted by molar-refractivity contribution is 0.0714. The Hall–Kier alpha value is -1.06. The van der Waals surface area contributed by atoms with Gasteiger partial charge in [-0.25, -0.2) is 0 Å². The van der Waals surface area contributed by atoms with E-state index in [1.807, 2.05) is 40.1 Å². The van der Waals surface area contributed by atoms with Crippen molar-refractivity contribution in [3.8, 4) is 5.75 Å². The minimum atomic E-state index is -0.596. The molecular weight excluding hydrogens is 226 g/mol. The summed E-state index contributed by atoms with van der Waals surface area (Å²) in [4.78, 5) is 2.09. The SMILES string of the molecule is CN(C)CCOc1ccc(CCC(C)(C)O)cc1. The van der Waals surface area contributed by atoms with Gasteiger partial charge in [0.25, 0.3) is 0 Å². The summed E-state index contributed by atoms with van der Waals surface area (Å²) in [6, 6.07) is 8.12. The Morgan fingerprint density at radius 1 is 1.17 bits per heavy atom. The van der Waals surface area contributed by atoms with Crippen molar-refractivity contribution < 1.29 is 9.84 Å². The zero-order valence-electron chi connectivity index (χ0n) is 11.9. The van der Waals surface area contributed by atoms with E-state index in [9.17, 15) is 5.11 Å². The summed E-state index contributed by atoms with van der Waals surface area (Å²) < 4.78 is 5.63. The molecule has 0 fully saturated rings. The van der Waals surface area contributed by atoms with Crippen molar-refractivity contribution in [2.24, 2.45) is 0 Å². The number of aliphatic hydroxyl groups is 1. The molecule has 0 aliphatic heterocycles. The first-order valence-corrected chi connectivity index (χ1v) is 6.46. The van der Waals surface area contributed by atoms with Crippen LogP contribution >= 0.6 is 0 Å². The van der Waals surface area contributed by atoms with Crippen molar-refractivity contribution in [1.29, 1.82) is 0 Å². The first kappa shape index (κ1) is 15.0. The van der Waals surface area contributed by atoms with Crippen LogP contribution in [0.2, 0.25) is 0 Å². The van der Waals surface area contributed by atoms with Gasteiger partial charge in [-0.1, -0.05) is 12.1 Å². The largest absolute Gasteiger partial charge is 0.492 e. The number of ether oxygens (including phenoxy) is 1. The van der Waals surface area contributed by atoms with Crippen LogP contribution in [-0.4, -0.2) is 42.9 Å². The molecule has 0 saturated heterocycles. The molecule has 0 aliphatic rings. The van der Waals surface area contributed by atoms with Crippen molar-refractivity contribution >= 4 is 0 Å². The normalized spacial score (nSPS) is 11.9. The molecule has 0 aliphatic carbocycles. The summed E-state index contributed by atoms with van der Waals surface area (Å²) in [5.41, 5.74) is 0.637. The van der Waals surface area contributed by atoms with Gasteiger partial charge < -0.3 is 14.7 Å². The van der Waals surface area contributed by atoms with Crippen molar-refractivity contribution in [3.63, 3.8) is 0 Å². The van der Waals surface area contributed by atoms with Gasteiger partial charge in [0.15, 0.2) is 0 Å². The van der Waals surface area contributed by atoms with Gasteiger partial charge in [-0.15, -0.1) is 0 Å². The van der Waals surface area contributed by atoms with E-state index in [1.54, 1.807) is 0 Å². The smallest absolute Gasteiger partial charge is 0.119 e. The van der Waals surface area contributed by atoms with E-state index in [-0.39, 0.29) is 0 Å². The van der Waals surface area contributed by atoms with Gasteiger partial charge in [-0.05, 0) is 58.5 Å². The second kappa shape index (κ2) is 6.76. The number of hydrogen-bond acceptors (Lipinski definition) is 3. The van der Waals surface area contributed by atoms with Crippen LogP contribution in [0.15, 0.2) is 24.3 Å². The molecule has 1 rings (SSSR count). The van der Waals surface area contributed by atoms with E-state index >= 15 is 0 Å². The lowest BCUT2D eigenvalue weighted by Gasteiger charge is -2.16. The molecule has 3 nitrogen and oxygen atoms in total. The molecule has 102 valence electrons. The van der Waals surface area contributed by atoms with E-state index in [0.717, 1.165) is 25.1 Å². The van der Waals surface area contributed by atoms with Gasteiger partial charge in [0.05, 0.1) is 5.60 Å². The molecule has 0 saturated carbocycles. The van der Waals surface area contributed by atoms with Crippen LogP contribution in [0.5, 0.6) is 5.75 Å². The molecule has 0 bridgehead atoms. The molecule has 0 radical (unpaired) electrons. The van der Waals surface area contributed by atoms with E-state index < -0.39 is 5.60 Å².